The van der Waals surface area contributed by atoms with Crippen LogP contribution in [-0.2, 0) is 6.18 Å². The fraction of sp³-hybridized carbons (Fsp3) is 0.706. The van der Waals surface area contributed by atoms with Gasteiger partial charge in [-0.2, -0.15) is 13.2 Å². The second-order valence-corrected chi connectivity index (χ2v) is 6.85. The summed E-state index contributed by atoms with van der Waals surface area (Å²) in [5, 5.41) is 0. The number of carbonyl (C=O) groups is 1. The third kappa shape index (κ3) is 4.68. The zero-order chi connectivity index (χ0) is 17.9. The molecule has 2 heterocycles. The Balaban J connectivity index is 2.32. The number of hydrogen-bond acceptors (Lipinski definition) is 3. The van der Waals surface area contributed by atoms with Crippen molar-refractivity contribution in [3.8, 4) is 0 Å². The number of nitrogens with zero attached hydrogens (tertiary/aromatic N) is 3. The van der Waals surface area contributed by atoms with Crippen LogP contribution in [0.25, 0.3) is 0 Å². The normalized spacial score (nSPS) is 19.5. The maximum atomic E-state index is 12.9. The fourth-order valence-corrected chi connectivity index (χ4v) is 3.19. The Labute approximate surface area is 140 Å². The van der Waals surface area contributed by atoms with Crippen molar-refractivity contribution in [2.75, 3.05) is 6.54 Å². The van der Waals surface area contributed by atoms with Gasteiger partial charge in [-0.1, -0.05) is 26.7 Å². The maximum Gasteiger partial charge on any atom is 0.451 e. The summed E-state index contributed by atoms with van der Waals surface area (Å²) in [4.78, 5) is 21.5. The van der Waals surface area contributed by atoms with E-state index in [1.165, 1.54) is 13.0 Å². The van der Waals surface area contributed by atoms with E-state index < -0.39 is 17.9 Å². The highest BCUT2D eigenvalue weighted by Crippen LogP contribution is 2.28. The molecule has 7 heteroatoms. The summed E-state index contributed by atoms with van der Waals surface area (Å²) in [7, 11) is 0. The van der Waals surface area contributed by atoms with Gasteiger partial charge in [-0.3, -0.25) is 4.79 Å². The Morgan fingerprint density at radius 1 is 1.29 bits per heavy atom. The van der Waals surface area contributed by atoms with Crippen molar-refractivity contribution < 1.29 is 18.0 Å². The number of rotatable bonds is 3. The summed E-state index contributed by atoms with van der Waals surface area (Å²) < 4.78 is 38.8. The zero-order valence-corrected chi connectivity index (χ0v) is 14.4. The van der Waals surface area contributed by atoms with E-state index in [1.807, 2.05) is 0 Å². The molecule has 0 spiro atoms. The minimum atomic E-state index is -4.66. The van der Waals surface area contributed by atoms with Crippen LogP contribution in [0.15, 0.2) is 6.07 Å². The second-order valence-electron chi connectivity index (χ2n) is 6.85. The molecule has 2 rings (SSSR count). The van der Waals surface area contributed by atoms with Crippen molar-refractivity contribution in [2.24, 2.45) is 5.92 Å². The summed E-state index contributed by atoms with van der Waals surface area (Å²) >= 11 is 0. The Morgan fingerprint density at radius 3 is 2.62 bits per heavy atom. The van der Waals surface area contributed by atoms with Gasteiger partial charge in [0, 0.05) is 18.3 Å². The zero-order valence-electron chi connectivity index (χ0n) is 14.4. The van der Waals surface area contributed by atoms with Crippen molar-refractivity contribution in [3.05, 3.63) is 23.3 Å². The molecule has 1 aliphatic heterocycles. The lowest BCUT2D eigenvalue weighted by Gasteiger charge is -2.31. The summed E-state index contributed by atoms with van der Waals surface area (Å²) in [6.45, 7) is 6.19. The van der Waals surface area contributed by atoms with Crippen LogP contribution in [0.4, 0.5) is 13.2 Å². The molecule has 1 fully saturated rings. The van der Waals surface area contributed by atoms with Gasteiger partial charge in [0.15, 0.2) is 0 Å². The summed E-state index contributed by atoms with van der Waals surface area (Å²) in [6.07, 6.45) is 0.0303. The highest BCUT2D eigenvalue weighted by Gasteiger charge is 2.36. The van der Waals surface area contributed by atoms with Crippen LogP contribution < -0.4 is 0 Å². The number of amides is 1. The van der Waals surface area contributed by atoms with Gasteiger partial charge in [-0.05, 0) is 38.2 Å². The van der Waals surface area contributed by atoms with E-state index in [1.54, 1.807) is 4.90 Å². The van der Waals surface area contributed by atoms with Crippen LogP contribution in [-0.4, -0.2) is 33.4 Å². The SMILES string of the molecule is Cc1cc(C(=O)N2CCCCCC2CC(C)C)nc(C(F)(F)F)n1. The lowest BCUT2D eigenvalue weighted by Crippen LogP contribution is -2.41. The van der Waals surface area contributed by atoms with Gasteiger partial charge in [-0.15, -0.1) is 0 Å². The average molecular weight is 343 g/mol. The van der Waals surface area contributed by atoms with Crippen molar-refractivity contribution in [1.29, 1.82) is 0 Å². The van der Waals surface area contributed by atoms with Crippen LogP contribution in [0.1, 0.15) is 68.0 Å². The second kappa shape index (κ2) is 7.49. The van der Waals surface area contributed by atoms with E-state index in [-0.39, 0.29) is 17.4 Å². The Hall–Kier alpha value is -1.66. The molecule has 0 aromatic carbocycles. The molecular weight excluding hydrogens is 319 g/mol. The van der Waals surface area contributed by atoms with Gasteiger partial charge < -0.3 is 4.90 Å². The monoisotopic (exact) mass is 343 g/mol. The topological polar surface area (TPSA) is 46.1 Å². The Kier molecular flexibility index (Phi) is 5.83. The number of halogens is 3. The summed E-state index contributed by atoms with van der Waals surface area (Å²) in [5.74, 6) is -1.25. The number of hydrogen-bond donors (Lipinski definition) is 0. The fourth-order valence-electron chi connectivity index (χ4n) is 3.19. The van der Waals surface area contributed by atoms with E-state index in [9.17, 15) is 18.0 Å². The van der Waals surface area contributed by atoms with Crippen molar-refractivity contribution in [2.45, 2.75) is 65.1 Å². The molecular formula is C17H24F3N3O. The molecule has 134 valence electrons. The first-order valence-corrected chi connectivity index (χ1v) is 8.42. The summed E-state index contributed by atoms with van der Waals surface area (Å²) in [5.41, 5.74) is -0.0126. The molecule has 1 aromatic heterocycles. The van der Waals surface area contributed by atoms with Gasteiger partial charge in [0.25, 0.3) is 5.91 Å². The number of carbonyl (C=O) groups excluding carboxylic acids is 1. The van der Waals surface area contributed by atoms with E-state index in [4.69, 9.17) is 0 Å². The van der Waals surface area contributed by atoms with Gasteiger partial charge >= 0.3 is 6.18 Å². The number of likely N-dealkylation sites (tertiary alicyclic amines) is 1. The molecule has 0 N–H and O–H groups in total. The highest BCUT2D eigenvalue weighted by atomic mass is 19.4. The van der Waals surface area contributed by atoms with Crippen LogP contribution in [0.3, 0.4) is 0 Å². The van der Waals surface area contributed by atoms with E-state index in [0.29, 0.717) is 12.5 Å². The quantitative estimate of drug-likeness (QED) is 0.825. The molecule has 1 atom stereocenters. The van der Waals surface area contributed by atoms with Crippen molar-refractivity contribution in [3.63, 3.8) is 0 Å². The molecule has 1 amide bonds. The third-order valence-corrected chi connectivity index (χ3v) is 4.21. The van der Waals surface area contributed by atoms with Crippen LogP contribution in [0.5, 0.6) is 0 Å². The number of aromatic nitrogens is 2. The lowest BCUT2D eigenvalue weighted by atomic mass is 9.98. The molecule has 0 saturated carbocycles. The predicted octanol–water partition coefficient (Wildman–Crippen LogP) is 4.23. The Morgan fingerprint density at radius 2 is 2.00 bits per heavy atom. The molecule has 24 heavy (non-hydrogen) atoms. The standard InChI is InChI=1S/C17H24F3N3O/c1-11(2)9-13-7-5-4-6-8-23(13)15(24)14-10-12(3)21-16(22-14)17(18,19)20/h10-11,13H,4-9H2,1-3H3. The van der Waals surface area contributed by atoms with Gasteiger partial charge in [0.05, 0.1) is 0 Å². The number of alkyl halides is 3. The first kappa shape index (κ1) is 18.7. The van der Waals surface area contributed by atoms with E-state index in [2.05, 4.69) is 23.8 Å². The molecule has 0 radical (unpaired) electrons. The molecule has 1 aromatic rings. The maximum absolute atomic E-state index is 12.9. The highest BCUT2D eigenvalue weighted by molar-refractivity contribution is 5.92. The minimum absolute atomic E-state index is 0.0598. The van der Waals surface area contributed by atoms with Gasteiger partial charge in [0.1, 0.15) is 5.69 Å². The van der Waals surface area contributed by atoms with Crippen molar-refractivity contribution in [1.82, 2.24) is 14.9 Å². The van der Waals surface area contributed by atoms with Crippen LogP contribution in [0.2, 0.25) is 0 Å². The molecule has 1 saturated heterocycles. The van der Waals surface area contributed by atoms with E-state index in [0.717, 1.165) is 32.1 Å². The van der Waals surface area contributed by atoms with Gasteiger partial charge in [0.2, 0.25) is 5.82 Å². The molecule has 4 nitrogen and oxygen atoms in total. The van der Waals surface area contributed by atoms with E-state index >= 15 is 0 Å². The summed E-state index contributed by atoms with van der Waals surface area (Å²) in [6, 6.07) is 1.40. The predicted molar refractivity (Wildman–Crippen MR) is 84.5 cm³/mol. The number of aryl methyl sites for hydroxylation is 1. The lowest BCUT2D eigenvalue weighted by molar-refractivity contribution is -0.145. The molecule has 1 unspecified atom stereocenters. The van der Waals surface area contributed by atoms with Crippen LogP contribution >= 0.6 is 0 Å². The van der Waals surface area contributed by atoms with Crippen LogP contribution in [0, 0.1) is 12.8 Å². The Bertz CT molecular complexity index is 587. The first-order chi connectivity index (χ1) is 11.2. The van der Waals surface area contributed by atoms with Gasteiger partial charge in [-0.25, -0.2) is 9.97 Å². The largest absolute Gasteiger partial charge is 0.451 e. The smallest absolute Gasteiger partial charge is 0.334 e. The minimum Gasteiger partial charge on any atom is -0.334 e. The molecule has 0 aliphatic carbocycles. The third-order valence-electron chi connectivity index (χ3n) is 4.21. The average Bonchev–Trinajstić information content (AvgIpc) is 2.69. The molecule has 1 aliphatic rings. The first-order valence-electron chi connectivity index (χ1n) is 8.42. The molecule has 0 bridgehead atoms. The van der Waals surface area contributed by atoms with Crippen molar-refractivity contribution >= 4 is 5.91 Å².